The molecule has 0 spiro atoms. The molecule has 1 amide bonds. The highest BCUT2D eigenvalue weighted by molar-refractivity contribution is 6.33. The molecule has 3 aromatic carbocycles. The molecule has 0 radical (unpaired) electrons. The van der Waals surface area contributed by atoms with Crippen LogP contribution in [0.1, 0.15) is 22.5 Å². The van der Waals surface area contributed by atoms with Crippen LogP contribution in [-0.4, -0.2) is 44.9 Å². The van der Waals surface area contributed by atoms with Gasteiger partial charge in [-0.2, -0.15) is 5.10 Å². The fraction of sp³-hybridized carbons (Fsp3) is 0.179. The Morgan fingerprint density at radius 3 is 2.28 bits per heavy atom. The molecular weight excluding hydrogens is 478 g/mol. The predicted octanol–water partition coefficient (Wildman–Crippen LogP) is 4.82. The van der Waals surface area contributed by atoms with E-state index in [0.717, 1.165) is 16.7 Å². The van der Waals surface area contributed by atoms with Gasteiger partial charge >= 0.3 is 5.97 Å². The van der Waals surface area contributed by atoms with Crippen LogP contribution in [-0.2, 0) is 11.2 Å². The molecular formula is C28H26ClN3O4. The summed E-state index contributed by atoms with van der Waals surface area (Å²) in [5, 5.41) is 29.4. The van der Waals surface area contributed by atoms with Gasteiger partial charge in [0, 0.05) is 11.6 Å². The molecule has 36 heavy (non-hydrogen) atoms. The van der Waals surface area contributed by atoms with E-state index in [1.54, 1.807) is 18.2 Å². The maximum absolute atomic E-state index is 13.0. The number of carboxylic acid groups (broad SMARTS) is 1. The number of H-pyrrole nitrogens is 1. The van der Waals surface area contributed by atoms with Crippen molar-refractivity contribution in [2.75, 3.05) is 6.61 Å². The fourth-order valence-corrected chi connectivity index (χ4v) is 4.28. The van der Waals surface area contributed by atoms with Gasteiger partial charge < -0.3 is 15.5 Å². The number of rotatable bonds is 10. The lowest BCUT2D eigenvalue weighted by atomic mass is 9.94. The van der Waals surface area contributed by atoms with E-state index in [2.05, 4.69) is 15.5 Å². The highest BCUT2D eigenvalue weighted by Gasteiger charge is 2.25. The Bertz CT molecular complexity index is 1320. The standard InChI is InChI=1S/C28H26ClN3O4/c29-24-9-5-4-8-23(24)25-16-26(32-31-25)27(34)30-22(15-21(17-33)28(35)36)14-18-10-12-20(13-11-18)19-6-2-1-3-7-19/h1-13,16,21-22,33H,14-15,17H2,(H,30,34)(H,31,32)(H,35,36)/t21-,22+/m0/s1. The molecule has 4 aromatic rings. The van der Waals surface area contributed by atoms with Crippen LogP contribution in [0.4, 0.5) is 0 Å². The molecule has 0 aliphatic rings. The summed E-state index contributed by atoms with van der Waals surface area (Å²) in [5.41, 5.74) is 4.53. The first-order valence-corrected chi connectivity index (χ1v) is 11.9. The number of benzene rings is 3. The van der Waals surface area contributed by atoms with Gasteiger partial charge in [0.25, 0.3) is 5.91 Å². The second kappa shape index (κ2) is 11.7. The molecule has 2 atom stereocenters. The minimum atomic E-state index is -1.11. The van der Waals surface area contributed by atoms with Gasteiger partial charge in [-0.05, 0) is 41.7 Å². The number of aromatic nitrogens is 2. The summed E-state index contributed by atoms with van der Waals surface area (Å²) in [6.45, 7) is -0.518. The number of carboxylic acids is 1. The van der Waals surface area contributed by atoms with Crippen molar-refractivity contribution in [1.29, 1.82) is 0 Å². The molecule has 0 aliphatic carbocycles. The molecule has 1 heterocycles. The number of nitrogens with one attached hydrogen (secondary N) is 2. The summed E-state index contributed by atoms with van der Waals surface area (Å²) in [6.07, 6.45) is 0.472. The Morgan fingerprint density at radius 1 is 0.944 bits per heavy atom. The highest BCUT2D eigenvalue weighted by atomic mass is 35.5. The first-order valence-electron chi connectivity index (χ1n) is 11.5. The van der Waals surface area contributed by atoms with Gasteiger partial charge in [-0.15, -0.1) is 0 Å². The third-order valence-electron chi connectivity index (χ3n) is 5.99. The number of nitrogens with zero attached hydrogens (tertiary/aromatic N) is 1. The van der Waals surface area contributed by atoms with Gasteiger partial charge in [0.15, 0.2) is 0 Å². The normalized spacial score (nSPS) is 12.6. The summed E-state index contributed by atoms with van der Waals surface area (Å²) in [7, 11) is 0. The number of carbonyl (C=O) groups is 2. The minimum Gasteiger partial charge on any atom is -0.481 e. The van der Waals surface area contributed by atoms with Crippen molar-refractivity contribution in [1.82, 2.24) is 15.5 Å². The second-order valence-corrected chi connectivity index (χ2v) is 8.94. The van der Waals surface area contributed by atoms with E-state index in [9.17, 15) is 19.8 Å². The van der Waals surface area contributed by atoms with E-state index in [0.29, 0.717) is 22.7 Å². The van der Waals surface area contributed by atoms with E-state index in [1.165, 1.54) is 0 Å². The van der Waals surface area contributed by atoms with Gasteiger partial charge in [0.2, 0.25) is 0 Å². The smallest absolute Gasteiger partial charge is 0.308 e. The zero-order valence-electron chi connectivity index (χ0n) is 19.4. The van der Waals surface area contributed by atoms with Crippen molar-refractivity contribution in [3.05, 3.63) is 101 Å². The minimum absolute atomic E-state index is 0.0729. The van der Waals surface area contributed by atoms with Crippen LogP contribution in [0.3, 0.4) is 0 Å². The summed E-state index contributed by atoms with van der Waals surface area (Å²) in [6, 6.07) is 26.1. The number of amides is 1. The van der Waals surface area contributed by atoms with Crippen molar-refractivity contribution in [3.63, 3.8) is 0 Å². The van der Waals surface area contributed by atoms with E-state index in [1.807, 2.05) is 66.7 Å². The number of carbonyl (C=O) groups excluding carboxylic acids is 1. The van der Waals surface area contributed by atoms with E-state index in [-0.39, 0.29) is 12.1 Å². The topological polar surface area (TPSA) is 115 Å². The van der Waals surface area contributed by atoms with Gasteiger partial charge in [0.05, 0.1) is 23.2 Å². The number of aliphatic carboxylic acids is 1. The van der Waals surface area contributed by atoms with Crippen molar-refractivity contribution in [3.8, 4) is 22.4 Å². The molecule has 0 saturated carbocycles. The first kappa shape index (κ1) is 25.2. The molecule has 0 saturated heterocycles. The van der Waals surface area contributed by atoms with Gasteiger partial charge in [-0.1, -0.05) is 84.4 Å². The quantitative estimate of drug-likeness (QED) is 0.247. The third kappa shape index (κ3) is 6.19. The molecule has 4 N–H and O–H groups in total. The molecule has 7 nitrogen and oxygen atoms in total. The molecule has 0 bridgehead atoms. The molecule has 0 fully saturated rings. The number of aliphatic hydroxyl groups is 1. The molecule has 0 unspecified atom stereocenters. The van der Waals surface area contributed by atoms with Crippen LogP contribution in [0, 0.1) is 5.92 Å². The zero-order chi connectivity index (χ0) is 25.5. The van der Waals surface area contributed by atoms with Crippen molar-refractivity contribution >= 4 is 23.5 Å². The first-order chi connectivity index (χ1) is 17.4. The number of aliphatic hydroxyl groups excluding tert-OH is 1. The molecule has 8 heteroatoms. The lowest BCUT2D eigenvalue weighted by molar-refractivity contribution is -0.143. The number of hydrogen-bond acceptors (Lipinski definition) is 4. The number of halogens is 1. The van der Waals surface area contributed by atoms with Crippen LogP contribution >= 0.6 is 11.6 Å². The Kier molecular flexibility index (Phi) is 8.15. The van der Waals surface area contributed by atoms with Crippen molar-refractivity contribution in [2.45, 2.75) is 18.9 Å². The van der Waals surface area contributed by atoms with Crippen LogP contribution in [0.15, 0.2) is 84.9 Å². The van der Waals surface area contributed by atoms with Gasteiger partial charge in [-0.3, -0.25) is 14.7 Å². The average molecular weight is 504 g/mol. The summed E-state index contributed by atoms with van der Waals surface area (Å²) < 4.78 is 0. The predicted molar refractivity (Wildman–Crippen MR) is 139 cm³/mol. The van der Waals surface area contributed by atoms with Crippen molar-refractivity contribution in [2.24, 2.45) is 5.92 Å². The largest absolute Gasteiger partial charge is 0.481 e. The maximum Gasteiger partial charge on any atom is 0.308 e. The summed E-state index contributed by atoms with van der Waals surface area (Å²) in [5.74, 6) is -2.54. The maximum atomic E-state index is 13.0. The zero-order valence-corrected chi connectivity index (χ0v) is 20.2. The Hall–Kier alpha value is -3.94. The highest BCUT2D eigenvalue weighted by Crippen LogP contribution is 2.26. The summed E-state index contributed by atoms with van der Waals surface area (Å²) in [4.78, 5) is 24.6. The molecule has 0 aliphatic heterocycles. The van der Waals surface area contributed by atoms with Crippen LogP contribution in [0.2, 0.25) is 5.02 Å². The van der Waals surface area contributed by atoms with E-state index < -0.39 is 30.4 Å². The SMILES string of the molecule is O=C(N[C@H](Cc1ccc(-c2ccccc2)cc1)C[C@@H](CO)C(=O)O)c1cc(-c2ccccc2Cl)n[nH]1. The van der Waals surface area contributed by atoms with E-state index in [4.69, 9.17) is 11.6 Å². The Morgan fingerprint density at radius 2 is 1.61 bits per heavy atom. The van der Waals surface area contributed by atoms with Crippen LogP contribution < -0.4 is 5.32 Å². The lowest BCUT2D eigenvalue weighted by Crippen LogP contribution is -2.40. The fourth-order valence-electron chi connectivity index (χ4n) is 4.05. The molecule has 1 aromatic heterocycles. The van der Waals surface area contributed by atoms with E-state index >= 15 is 0 Å². The van der Waals surface area contributed by atoms with Gasteiger partial charge in [0.1, 0.15) is 5.69 Å². The number of aromatic amines is 1. The average Bonchev–Trinajstić information content (AvgIpc) is 3.38. The summed E-state index contributed by atoms with van der Waals surface area (Å²) >= 11 is 6.24. The van der Waals surface area contributed by atoms with Crippen LogP contribution in [0.25, 0.3) is 22.4 Å². The second-order valence-electron chi connectivity index (χ2n) is 8.54. The lowest BCUT2D eigenvalue weighted by Gasteiger charge is -2.21. The van der Waals surface area contributed by atoms with Gasteiger partial charge in [-0.25, -0.2) is 0 Å². The molecule has 184 valence electrons. The molecule has 4 rings (SSSR count). The third-order valence-corrected chi connectivity index (χ3v) is 6.32. The Labute approximate surface area is 213 Å². The van der Waals surface area contributed by atoms with Crippen LogP contribution in [0.5, 0.6) is 0 Å². The Balaban J connectivity index is 1.51. The monoisotopic (exact) mass is 503 g/mol. The number of hydrogen-bond donors (Lipinski definition) is 4. The van der Waals surface area contributed by atoms with Crippen molar-refractivity contribution < 1.29 is 19.8 Å².